The van der Waals surface area contributed by atoms with Gasteiger partial charge in [0.05, 0.1) is 16.3 Å². The van der Waals surface area contributed by atoms with Gasteiger partial charge in [-0.05, 0) is 24.8 Å². The topological polar surface area (TPSA) is 115 Å². The summed E-state index contributed by atoms with van der Waals surface area (Å²) in [4.78, 5) is 23.2. The molecule has 0 aliphatic carbocycles. The summed E-state index contributed by atoms with van der Waals surface area (Å²) in [6.07, 6.45) is 2.17. The Morgan fingerprint density at radius 2 is 2.05 bits per heavy atom. The van der Waals surface area contributed by atoms with E-state index >= 15 is 0 Å². The first-order valence-corrected chi connectivity index (χ1v) is 6.54. The number of non-ortho nitro benzene ring substituents is 1. The molecule has 7 nitrogen and oxygen atoms in total. The van der Waals surface area contributed by atoms with E-state index in [-0.39, 0.29) is 11.6 Å². The molecular formula is C13H18N4O3. The number of hydrogen-bond acceptors (Lipinski definition) is 5. The van der Waals surface area contributed by atoms with Crippen LogP contribution in [0.15, 0.2) is 18.2 Å². The normalized spacial score (nSPS) is 16.1. The largest absolute Gasteiger partial charge is 0.397 e. The molecule has 4 N–H and O–H groups in total. The summed E-state index contributed by atoms with van der Waals surface area (Å²) in [6, 6.07) is 4.52. The van der Waals surface area contributed by atoms with Crippen LogP contribution in [-0.4, -0.2) is 23.9 Å². The molecule has 1 aliphatic heterocycles. The van der Waals surface area contributed by atoms with Crippen LogP contribution >= 0.6 is 0 Å². The molecule has 1 fully saturated rings. The van der Waals surface area contributed by atoms with Crippen LogP contribution < -0.4 is 16.4 Å². The number of nitro groups is 1. The van der Waals surface area contributed by atoms with Crippen molar-refractivity contribution in [3.8, 4) is 0 Å². The van der Waals surface area contributed by atoms with E-state index in [1.807, 2.05) is 0 Å². The van der Waals surface area contributed by atoms with Crippen molar-refractivity contribution in [2.45, 2.75) is 19.3 Å². The van der Waals surface area contributed by atoms with Gasteiger partial charge >= 0.3 is 0 Å². The Kier molecular flexibility index (Phi) is 4.07. The lowest BCUT2D eigenvalue weighted by Gasteiger charge is -2.33. The first-order chi connectivity index (χ1) is 9.47. The maximum absolute atomic E-state index is 10.9. The van der Waals surface area contributed by atoms with Crippen molar-refractivity contribution in [1.82, 2.24) is 0 Å². The highest BCUT2D eigenvalue weighted by Gasteiger charge is 2.22. The monoisotopic (exact) mass is 278 g/mol. The molecule has 0 aromatic heterocycles. The number of carbonyl (C=O) groups excluding carboxylic acids is 1. The summed E-state index contributed by atoms with van der Waals surface area (Å²) in [6.45, 7) is 1.56. The molecule has 0 spiro atoms. The minimum Gasteiger partial charge on any atom is -0.397 e. The number of piperidine rings is 1. The molecule has 0 unspecified atom stereocenters. The lowest BCUT2D eigenvalue weighted by atomic mass is 9.93. The molecule has 1 aliphatic rings. The number of nitrogens with zero attached hydrogens (tertiary/aromatic N) is 2. The summed E-state index contributed by atoms with van der Waals surface area (Å²) < 4.78 is 0. The molecular weight excluding hydrogens is 260 g/mol. The molecule has 0 radical (unpaired) electrons. The van der Waals surface area contributed by atoms with E-state index in [0.29, 0.717) is 18.0 Å². The number of hydrogen-bond donors (Lipinski definition) is 2. The lowest BCUT2D eigenvalue weighted by molar-refractivity contribution is -0.384. The Balaban J connectivity index is 2.03. The zero-order valence-electron chi connectivity index (χ0n) is 11.1. The quantitative estimate of drug-likeness (QED) is 0.489. The van der Waals surface area contributed by atoms with Crippen LogP contribution in [0, 0.1) is 16.0 Å². The van der Waals surface area contributed by atoms with Crippen LogP contribution in [0.2, 0.25) is 0 Å². The second-order valence-electron chi connectivity index (χ2n) is 5.10. The van der Waals surface area contributed by atoms with Crippen molar-refractivity contribution in [2.75, 3.05) is 23.7 Å². The molecule has 1 aromatic carbocycles. The number of rotatable bonds is 4. The molecule has 0 atom stereocenters. The molecule has 1 aromatic rings. The molecule has 108 valence electrons. The van der Waals surface area contributed by atoms with E-state index in [0.717, 1.165) is 31.6 Å². The van der Waals surface area contributed by atoms with Crippen molar-refractivity contribution in [3.05, 3.63) is 28.3 Å². The standard InChI is InChI=1S/C13H18N4O3/c14-11-8-10(17(19)20)1-2-12(11)16-5-3-9(4-6-16)7-13(15)18/h1-2,8-9H,3-7,14H2,(H2,15,18). The number of nitro benzene ring substituents is 1. The molecule has 1 saturated heterocycles. The fraction of sp³-hybridized carbons (Fsp3) is 0.462. The van der Waals surface area contributed by atoms with Crippen LogP contribution in [0.25, 0.3) is 0 Å². The predicted molar refractivity (Wildman–Crippen MR) is 76.3 cm³/mol. The van der Waals surface area contributed by atoms with Crippen molar-refractivity contribution in [1.29, 1.82) is 0 Å². The first kappa shape index (κ1) is 14.1. The third kappa shape index (κ3) is 3.17. The second-order valence-corrected chi connectivity index (χ2v) is 5.10. The van der Waals surface area contributed by atoms with Crippen molar-refractivity contribution >= 4 is 23.0 Å². The minimum atomic E-state index is -0.459. The predicted octanol–water partition coefficient (Wildman–Crippen LogP) is 1.27. The molecule has 1 heterocycles. The molecule has 20 heavy (non-hydrogen) atoms. The zero-order chi connectivity index (χ0) is 14.7. The van der Waals surface area contributed by atoms with Crippen LogP contribution in [0.4, 0.5) is 17.1 Å². The Bertz CT molecular complexity index is 524. The second kappa shape index (κ2) is 5.77. The van der Waals surface area contributed by atoms with E-state index in [9.17, 15) is 14.9 Å². The Labute approximate surface area is 116 Å². The van der Waals surface area contributed by atoms with Gasteiger partial charge in [-0.15, -0.1) is 0 Å². The third-order valence-electron chi connectivity index (χ3n) is 3.67. The van der Waals surface area contributed by atoms with Gasteiger partial charge in [-0.3, -0.25) is 14.9 Å². The van der Waals surface area contributed by atoms with E-state index in [1.54, 1.807) is 6.07 Å². The van der Waals surface area contributed by atoms with Crippen molar-refractivity contribution in [3.63, 3.8) is 0 Å². The van der Waals surface area contributed by atoms with E-state index < -0.39 is 4.92 Å². The fourth-order valence-electron chi connectivity index (χ4n) is 2.61. The Morgan fingerprint density at radius 3 is 2.55 bits per heavy atom. The van der Waals surface area contributed by atoms with Gasteiger partial charge in [0.1, 0.15) is 0 Å². The van der Waals surface area contributed by atoms with E-state index in [2.05, 4.69) is 4.90 Å². The fourth-order valence-corrected chi connectivity index (χ4v) is 2.61. The SMILES string of the molecule is NC(=O)CC1CCN(c2ccc([N+](=O)[O-])cc2N)CC1. The van der Waals surface area contributed by atoms with E-state index in [1.165, 1.54) is 12.1 Å². The molecule has 1 amide bonds. The number of benzene rings is 1. The molecule has 0 bridgehead atoms. The number of carbonyl (C=O) groups is 1. The molecule has 0 saturated carbocycles. The van der Waals surface area contributed by atoms with Crippen LogP contribution in [0.3, 0.4) is 0 Å². The van der Waals surface area contributed by atoms with Crippen LogP contribution in [0.5, 0.6) is 0 Å². The van der Waals surface area contributed by atoms with Crippen LogP contribution in [-0.2, 0) is 4.79 Å². The summed E-state index contributed by atoms with van der Waals surface area (Å²) in [7, 11) is 0. The van der Waals surface area contributed by atoms with Crippen LogP contribution in [0.1, 0.15) is 19.3 Å². The van der Waals surface area contributed by atoms with Crippen molar-refractivity contribution in [2.24, 2.45) is 11.7 Å². The van der Waals surface area contributed by atoms with Gasteiger partial charge < -0.3 is 16.4 Å². The number of amides is 1. The van der Waals surface area contributed by atoms with E-state index in [4.69, 9.17) is 11.5 Å². The van der Waals surface area contributed by atoms with Gasteiger partial charge in [0.25, 0.3) is 5.69 Å². The Hall–Kier alpha value is -2.31. The first-order valence-electron chi connectivity index (χ1n) is 6.54. The highest BCUT2D eigenvalue weighted by Crippen LogP contribution is 2.31. The van der Waals surface area contributed by atoms with Gasteiger partial charge in [0.2, 0.25) is 5.91 Å². The maximum Gasteiger partial charge on any atom is 0.271 e. The number of nitrogen functional groups attached to an aromatic ring is 1. The highest BCUT2D eigenvalue weighted by molar-refractivity contribution is 5.74. The molecule has 7 heteroatoms. The number of anilines is 2. The number of primary amides is 1. The molecule has 2 rings (SSSR count). The van der Waals surface area contributed by atoms with Gasteiger partial charge in [0.15, 0.2) is 0 Å². The summed E-state index contributed by atoms with van der Waals surface area (Å²) >= 11 is 0. The Morgan fingerprint density at radius 1 is 1.40 bits per heavy atom. The van der Waals surface area contributed by atoms with Gasteiger partial charge in [0, 0.05) is 31.6 Å². The number of nitrogens with two attached hydrogens (primary N) is 2. The van der Waals surface area contributed by atoms with Gasteiger partial charge in [-0.25, -0.2) is 0 Å². The van der Waals surface area contributed by atoms with Gasteiger partial charge in [-0.2, -0.15) is 0 Å². The third-order valence-corrected chi connectivity index (χ3v) is 3.67. The maximum atomic E-state index is 10.9. The van der Waals surface area contributed by atoms with Gasteiger partial charge in [-0.1, -0.05) is 0 Å². The average molecular weight is 278 g/mol. The summed E-state index contributed by atoms with van der Waals surface area (Å²) in [5.74, 6) is 0.0568. The smallest absolute Gasteiger partial charge is 0.271 e. The minimum absolute atomic E-state index is 0.00476. The van der Waals surface area contributed by atoms with Crippen molar-refractivity contribution < 1.29 is 9.72 Å². The lowest BCUT2D eigenvalue weighted by Crippen LogP contribution is -2.35. The zero-order valence-corrected chi connectivity index (χ0v) is 11.1. The average Bonchev–Trinajstić information content (AvgIpc) is 2.39. The summed E-state index contributed by atoms with van der Waals surface area (Å²) in [5.41, 5.74) is 12.3. The highest BCUT2D eigenvalue weighted by atomic mass is 16.6. The summed E-state index contributed by atoms with van der Waals surface area (Å²) in [5, 5.41) is 10.7.